The van der Waals surface area contributed by atoms with Crippen LogP contribution in [0, 0.1) is 23.7 Å². The number of aliphatic hydroxyl groups excluding tert-OH is 1. The highest BCUT2D eigenvalue weighted by Gasteiger charge is 2.73. The maximum absolute atomic E-state index is 14.1. The number of primary amides is 1. The van der Waals surface area contributed by atoms with Gasteiger partial charge in [-0.2, -0.15) is 0 Å². The predicted octanol–water partition coefficient (Wildman–Crippen LogP) is -0.205. The summed E-state index contributed by atoms with van der Waals surface area (Å²) in [5.41, 5.74) is 3.64. The number of rotatable bonds is 3. The maximum atomic E-state index is 14.1. The van der Waals surface area contributed by atoms with Gasteiger partial charge >= 0.3 is 0 Å². The van der Waals surface area contributed by atoms with Gasteiger partial charge in [0.15, 0.2) is 46.2 Å². The summed E-state index contributed by atoms with van der Waals surface area (Å²) in [6.07, 6.45) is -1.71. The van der Waals surface area contributed by atoms with Gasteiger partial charge in [-0.3, -0.25) is 28.9 Å². The zero-order valence-corrected chi connectivity index (χ0v) is 22.4. The van der Waals surface area contributed by atoms with Crippen LogP contribution in [0.15, 0.2) is 30.3 Å². The van der Waals surface area contributed by atoms with Gasteiger partial charge in [-0.25, -0.2) is 0 Å². The molecule has 1 amide bonds. The van der Waals surface area contributed by atoms with Crippen molar-refractivity contribution in [2.24, 2.45) is 29.4 Å². The summed E-state index contributed by atoms with van der Waals surface area (Å²) in [6, 6.07) is 6.64. The van der Waals surface area contributed by atoms with Crippen molar-refractivity contribution in [1.82, 2.24) is 4.90 Å². The predicted molar refractivity (Wildman–Crippen MR) is 139 cm³/mol. The molecule has 6 rings (SSSR count). The summed E-state index contributed by atoms with van der Waals surface area (Å²) in [5, 5.41) is 34.4. The number of phenols is 1. The van der Waals surface area contributed by atoms with Crippen LogP contribution in [-0.4, -0.2) is 87.9 Å². The van der Waals surface area contributed by atoms with E-state index in [9.17, 15) is 39.3 Å². The van der Waals surface area contributed by atoms with E-state index in [0.29, 0.717) is 28.2 Å². The molecule has 2 saturated carbocycles. The van der Waals surface area contributed by atoms with E-state index in [1.165, 1.54) is 25.1 Å². The van der Waals surface area contributed by atoms with E-state index in [4.69, 9.17) is 15.2 Å². The summed E-state index contributed by atoms with van der Waals surface area (Å²) in [7, 11) is 2.89. The molecule has 8 atom stereocenters. The fourth-order valence-corrected chi connectivity index (χ4v) is 7.38. The van der Waals surface area contributed by atoms with Crippen molar-refractivity contribution in [3.8, 4) is 28.4 Å². The Kier molecular flexibility index (Phi) is 5.90. The number of amides is 1. The number of aliphatic hydroxyl groups is 2. The average Bonchev–Trinajstić information content (AvgIpc) is 3.38. The van der Waals surface area contributed by atoms with Gasteiger partial charge in [0.2, 0.25) is 12.7 Å². The lowest BCUT2D eigenvalue weighted by atomic mass is 9.49. The third kappa shape index (κ3) is 3.41. The summed E-state index contributed by atoms with van der Waals surface area (Å²) >= 11 is 0. The molecule has 0 saturated heterocycles. The molecule has 41 heavy (non-hydrogen) atoms. The van der Waals surface area contributed by atoms with Crippen molar-refractivity contribution in [2.75, 3.05) is 20.9 Å². The molecule has 2 unspecified atom stereocenters. The van der Waals surface area contributed by atoms with Crippen LogP contribution < -0.4 is 15.2 Å². The topological polar surface area (TPSA) is 194 Å². The van der Waals surface area contributed by atoms with Crippen molar-refractivity contribution in [3.05, 3.63) is 41.5 Å². The van der Waals surface area contributed by atoms with Crippen LogP contribution in [0.5, 0.6) is 17.2 Å². The number of nitrogens with zero attached hydrogens (tertiary/aromatic N) is 1. The van der Waals surface area contributed by atoms with Crippen LogP contribution in [0.3, 0.4) is 0 Å². The van der Waals surface area contributed by atoms with Crippen LogP contribution in [0.1, 0.15) is 28.8 Å². The molecule has 12 heteroatoms. The zero-order valence-electron chi connectivity index (χ0n) is 22.4. The Morgan fingerprint density at radius 2 is 1.73 bits per heavy atom. The van der Waals surface area contributed by atoms with E-state index in [1.807, 2.05) is 0 Å². The van der Waals surface area contributed by atoms with Crippen molar-refractivity contribution < 1.29 is 48.8 Å². The number of phenolic OH excluding ortho intramolecular Hbond substituents is 1. The Hall–Kier alpha value is -4.13. The number of nitrogens with two attached hydrogens (primary N) is 1. The van der Waals surface area contributed by atoms with Crippen LogP contribution in [0.4, 0.5) is 0 Å². The Morgan fingerprint density at radius 1 is 1.05 bits per heavy atom. The number of carbonyl (C=O) groups is 5. The molecule has 1 aliphatic heterocycles. The van der Waals surface area contributed by atoms with E-state index < -0.39 is 82.1 Å². The lowest BCUT2D eigenvalue weighted by molar-refractivity contribution is -0.196. The summed E-state index contributed by atoms with van der Waals surface area (Å²) in [4.78, 5) is 68.4. The zero-order chi connectivity index (χ0) is 29.7. The molecule has 2 aromatic carbocycles. The van der Waals surface area contributed by atoms with Crippen LogP contribution in [0.25, 0.3) is 11.1 Å². The minimum absolute atomic E-state index is 0.0464. The molecule has 0 bridgehead atoms. The number of ketones is 4. The minimum Gasteiger partial charge on any atom is -0.507 e. The van der Waals surface area contributed by atoms with Crippen molar-refractivity contribution >= 4 is 29.0 Å². The molecule has 1 heterocycles. The molecule has 3 aliphatic carbocycles. The molecule has 0 aromatic heterocycles. The molecule has 12 nitrogen and oxygen atoms in total. The van der Waals surface area contributed by atoms with Crippen LogP contribution in [0.2, 0.25) is 0 Å². The number of likely N-dealkylation sites (N-methyl/N-ethyl adjacent to an activating group) is 1. The molecular weight excluding hydrogens is 536 g/mol. The number of hydrogen-bond acceptors (Lipinski definition) is 11. The van der Waals surface area contributed by atoms with Crippen LogP contribution >= 0.6 is 0 Å². The van der Waals surface area contributed by atoms with Crippen LogP contribution in [-0.2, 0) is 19.2 Å². The van der Waals surface area contributed by atoms with Gasteiger partial charge in [0.05, 0.1) is 29.5 Å². The highest BCUT2D eigenvalue weighted by Crippen LogP contribution is 2.56. The van der Waals surface area contributed by atoms with E-state index in [1.54, 1.807) is 31.2 Å². The van der Waals surface area contributed by atoms with E-state index in [-0.39, 0.29) is 12.4 Å². The summed E-state index contributed by atoms with van der Waals surface area (Å²) in [6.45, 7) is 1.72. The standard InChI is InChI=1S/C29H28N2O10/c1-10-16-12(11-4-7-14-15(8-11)41-9-40-14)5-6-13(32)18(16)23(33)19-17(10)24(34)21-22(31(2)3)25(35)20(28(30)38)27(37)29(21,39)26(19)36/h4-8,10,17,19-22,24,32,34,39H,9H2,1-3H3,(H2,30,38)/t10-,17+,19?,20?,21+,22-,24-,29-/m1/s1. The van der Waals surface area contributed by atoms with E-state index in [0.717, 1.165) is 0 Å². The molecule has 0 radical (unpaired) electrons. The highest BCUT2D eigenvalue weighted by atomic mass is 16.7. The van der Waals surface area contributed by atoms with Gasteiger partial charge in [-0.05, 0) is 54.9 Å². The van der Waals surface area contributed by atoms with Gasteiger partial charge in [-0.15, -0.1) is 0 Å². The molecular formula is C29H28N2O10. The van der Waals surface area contributed by atoms with E-state index >= 15 is 0 Å². The molecule has 0 spiro atoms. The van der Waals surface area contributed by atoms with Gasteiger partial charge < -0.3 is 30.5 Å². The monoisotopic (exact) mass is 564 g/mol. The molecule has 5 N–H and O–H groups in total. The first-order chi connectivity index (χ1) is 19.3. The first-order valence-electron chi connectivity index (χ1n) is 13.1. The number of fused-ring (bicyclic) bond motifs is 4. The number of ether oxygens (including phenoxy) is 2. The van der Waals surface area contributed by atoms with Gasteiger partial charge in [0.25, 0.3) is 0 Å². The van der Waals surface area contributed by atoms with Crippen molar-refractivity contribution in [2.45, 2.75) is 30.6 Å². The number of Topliss-reactive ketones (excluding diaryl/α,β-unsaturated/α-hetero) is 4. The summed E-state index contributed by atoms with van der Waals surface area (Å²) < 4.78 is 10.9. The second kappa shape index (κ2) is 8.93. The number of benzene rings is 2. The smallest absolute Gasteiger partial charge is 0.235 e. The van der Waals surface area contributed by atoms with Crippen molar-refractivity contribution in [3.63, 3.8) is 0 Å². The second-order valence-electron chi connectivity index (χ2n) is 11.4. The largest absolute Gasteiger partial charge is 0.507 e. The SMILES string of the molecule is C[C@@H]1c2c(-c3ccc4c(c3)OCO4)ccc(O)c2C(=O)C2C(=O)[C@@]3(O)C(=O)C(C(N)=O)C(=O)[C@H](N(C)C)[C@H]3[C@H](O)[C@H]21. The molecule has 2 fully saturated rings. The summed E-state index contributed by atoms with van der Waals surface area (Å²) in [5.74, 6) is -12.8. The molecule has 4 aliphatic rings. The van der Waals surface area contributed by atoms with Gasteiger partial charge in [0, 0.05) is 5.92 Å². The Bertz CT molecular complexity index is 1570. The number of aromatic hydroxyl groups is 1. The minimum atomic E-state index is -3.04. The Balaban J connectivity index is 1.55. The third-order valence-electron chi connectivity index (χ3n) is 9.15. The lowest BCUT2D eigenvalue weighted by Crippen LogP contribution is -2.77. The molecule has 214 valence electrons. The Labute approximate surface area is 233 Å². The normalized spacial score (nSPS) is 33.9. The number of hydrogen-bond donors (Lipinski definition) is 4. The maximum Gasteiger partial charge on any atom is 0.235 e. The Morgan fingerprint density at radius 3 is 2.39 bits per heavy atom. The number of carbonyl (C=O) groups excluding carboxylic acids is 5. The lowest BCUT2D eigenvalue weighted by Gasteiger charge is -2.56. The fraction of sp³-hybridized carbons (Fsp3) is 0.414. The quantitative estimate of drug-likeness (QED) is 0.361. The third-order valence-corrected chi connectivity index (χ3v) is 9.15. The first kappa shape index (κ1) is 27.1. The second-order valence-corrected chi connectivity index (χ2v) is 11.4. The highest BCUT2D eigenvalue weighted by molar-refractivity contribution is 6.32. The average molecular weight is 565 g/mol. The van der Waals surface area contributed by atoms with Crippen molar-refractivity contribution in [1.29, 1.82) is 0 Å². The van der Waals surface area contributed by atoms with Gasteiger partial charge in [0.1, 0.15) is 5.75 Å². The molecule has 2 aromatic rings. The van der Waals surface area contributed by atoms with Gasteiger partial charge in [-0.1, -0.05) is 19.1 Å². The first-order valence-corrected chi connectivity index (χ1v) is 13.1. The fourth-order valence-electron chi connectivity index (χ4n) is 7.38. The van der Waals surface area contributed by atoms with E-state index in [2.05, 4.69) is 0 Å².